The Morgan fingerprint density at radius 2 is 1.97 bits per heavy atom. The van der Waals surface area contributed by atoms with Gasteiger partial charge in [0.1, 0.15) is 0 Å². The summed E-state index contributed by atoms with van der Waals surface area (Å²) in [5.41, 5.74) is 2.48. The fourth-order valence-electron chi connectivity index (χ4n) is 3.35. The van der Waals surface area contributed by atoms with Crippen LogP contribution in [0, 0.1) is 0 Å². The molecule has 1 amide bonds. The molecule has 29 heavy (non-hydrogen) atoms. The predicted octanol–water partition coefficient (Wildman–Crippen LogP) is 1.33. The van der Waals surface area contributed by atoms with Gasteiger partial charge in [0, 0.05) is 33.7 Å². The molecule has 1 unspecified atom stereocenters. The van der Waals surface area contributed by atoms with E-state index in [-0.39, 0.29) is 5.91 Å². The summed E-state index contributed by atoms with van der Waals surface area (Å²) in [5, 5.41) is 24.3. The van der Waals surface area contributed by atoms with Gasteiger partial charge in [-0.05, 0) is 40.4 Å². The molecule has 0 radical (unpaired) electrons. The maximum atomic E-state index is 12.5. The van der Waals surface area contributed by atoms with Crippen molar-refractivity contribution in [1.82, 2.24) is 30.7 Å². The number of hydrogen-bond acceptors (Lipinski definition) is 9. The number of carbonyl (C=O) groups is 1. The molecule has 5 N–H and O–H groups in total. The third-order valence-corrected chi connectivity index (χ3v) is 7.93. The molecule has 5 rings (SSSR count). The predicted molar refractivity (Wildman–Crippen MR) is 111 cm³/mol. The van der Waals surface area contributed by atoms with Crippen molar-refractivity contribution in [1.29, 1.82) is 0 Å². The van der Waals surface area contributed by atoms with Crippen molar-refractivity contribution in [3.05, 3.63) is 35.9 Å². The van der Waals surface area contributed by atoms with Gasteiger partial charge in [-0.25, -0.2) is 4.21 Å². The van der Waals surface area contributed by atoms with Crippen LogP contribution in [0.25, 0.3) is 22.5 Å². The molecule has 0 saturated carbocycles. The van der Waals surface area contributed by atoms with Crippen LogP contribution in [0.5, 0.6) is 0 Å². The van der Waals surface area contributed by atoms with E-state index in [1.54, 1.807) is 23.9 Å². The molecule has 2 aliphatic rings. The zero-order valence-corrected chi connectivity index (χ0v) is 17.3. The van der Waals surface area contributed by atoms with E-state index in [9.17, 15) is 9.00 Å². The van der Waals surface area contributed by atoms with Crippen LogP contribution in [-0.2, 0) is 11.0 Å². The Morgan fingerprint density at radius 3 is 2.66 bits per heavy atom. The van der Waals surface area contributed by atoms with Crippen molar-refractivity contribution in [2.75, 3.05) is 13.1 Å². The van der Waals surface area contributed by atoms with Gasteiger partial charge in [0.25, 0.3) is 5.91 Å². The van der Waals surface area contributed by atoms with Crippen LogP contribution < -0.4 is 15.2 Å². The van der Waals surface area contributed by atoms with Gasteiger partial charge in [-0.3, -0.25) is 14.7 Å². The molecule has 3 aromatic rings. The highest BCUT2D eigenvalue weighted by Crippen LogP contribution is 2.45. The summed E-state index contributed by atoms with van der Waals surface area (Å²) in [6.07, 6.45) is 0. The van der Waals surface area contributed by atoms with Crippen LogP contribution in [0.4, 0.5) is 0 Å². The lowest BCUT2D eigenvalue weighted by molar-refractivity contribution is 0.0986. The molecule has 2 aromatic carbocycles. The highest BCUT2D eigenvalue weighted by atomic mass is 32.2. The molecule has 9 nitrogen and oxygen atoms in total. The number of amides is 1. The summed E-state index contributed by atoms with van der Waals surface area (Å²) in [5.74, 6) is 0.0215. The Labute approximate surface area is 176 Å². The van der Waals surface area contributed by atoms with Gasteiger partial charge in [0.05, 0.1) is 10.5 Å². The molecule has 1 atom stereocenters. The quantitative estimate of drug-likeness (QED) is 0.428. The van der Waals surface area contributed by atoms with Crippen molar-refractivity contribution in [2.24, 2.45) is 5.14 Å². The third-order valence-electron chi connectivity index (χ3n) is 4.77. The van der Waals surface area contributed by atoms with Gasteiger partial charge in [0.15, 0.2) is 11.0 Å². The molecule has 1 fully saturated rings. The van der Waals surface area contributed by atoms with Crippen LogP contribution in [0.1, 0.15) is 10.4 Å². The Balaban J connectivity index is 1.74. The molecule has 148 valence electrons. The normalized spacial score (nSPS) is 18.4. The second-order valence-electron chi connectivity index (χ2n) is 6.45. The Bertz CT molecular complexity index is 1130. The number of fused-ring (bicyclic) bond motifs is 1. The number of hydrogen-bond donors (Lipinski definition) is 4. The lowest BCUT2D eigenvalue weighted by Crippen LogP contribution is -2.44. The summed E-state index contributed by atoms with van der Waals surface area (Å²) >= 11 is 2.86. The number of nitrogens with zero attached hydrogens (tertiary/aromatic N) is 3. The molecule has 0 spiro atoms. The molecule has 3 heterocycles. The summed E-state index contributed by atoms with van der Waals surface area (Å²) in [6.45, 7) is 1.88. The fraction of sp³-hybridized carbons (Fsp3) is 0.176. The number of aromatic nitrogens is 4. The molecule has 0 aliphatic carbocycles. The lowest BCUT2D eigenvalue weighted by atomic mass is 9.94. The lowest BCUT2D eigenvalue weighted by Gasteiger charge is -2.27. The van der Waals surface area contributed by atoms with Crippen LogP contribution in [0.2, 0.25) is 0 Å². The highest BCUT2D eigenvalue weighted by Gasteiger charge is 2.31. The van der Waals surface area contributed by atoms with Crippen molar-refractivity contribution in [2.45, 2.75) is 19.9 Å². The number of aromatic amines is 1. The van der Waals surface area contributed by atoms with Gasteiger partial charge >= 0.3 is 0 Å². The minimum atomic E-state index is -1.56. The first-order chi connectivity index (χ1) is 14.2. The molecule has 2 aliphatic heterocycles. The topological polar surface area (TPSA) is 139 Å². The van der Waals surface area contributed by atoms with Gasteiger partial charge < -0.3 is 5.32 Å². The molecular weight excluding hydrogens is 430 g/mol. The average Bonchev–Trinajstić information content (AvgIpc) is 3.32. The molecule has 0 bridgehead atoms. The number of benzene rings is 2. The second-order valence-corrected chi connectivity index (χ2v) is 9.61. The standard InChI is InChI=1S/C17H15N7O2S3/c18-28-15-11(27-8-6-19-7-8)5-4-10(14(15)16-20-23-24-21-16)9-2-1-3-12-13(9)17(25)22-29(12)26/h1-5,8,19H,6-7,18H2,(H,22,25)(H,20,21,23,24). The maximum absolute atomic E-state index is 12.5. The van der Waals surface area contributed by atoms with E-state index in [4.69, 9.17) is 5.14 Å². The minimum absolute atomic E-state index is 0.367. The van der Waals surface area contributed by atoms with E-state index in [1.807, 2.05) is 18.2 Å². The van der Waals surface area contributed by atoms with E-state index in [0.717, 1.165) is 40.4 Å². The Hall–Kier alpha value is -2.25. The zero-order chi connectivity index (χ0) is 20.0. The number of tetrazole rings is 1. The van der Waals surface area contributed by atoms with E-state index in [0.29, 0.717) is 32.7 Å². The number of nitrogens with one attached hydrogen (secondary N) is 3. The second kappa shape index (κ2) is 7.54. The van der Waals surface area contributed by atoms with Crippen LogP contribution >= 0.6 is 23.7 Å². The smallest absolute Gasteiger partial charge is 0.265 e. The average molecular weight is 446 g/mol. The minimum Gasteiger partial charge on any atom is -0.314 e. The third kappa shape index (κ3) is 3.16. The molecule has 1 aromatic heterocycles. The van der Waals surface area contributed by atoms with Crippen LogP contribution in [-0.4, -0.2) is 49.1 Å². The number of rotatable bonds is 5. The van der Waals surface area contributed by atoms with Gasteiger partial charge in [-0.1, -0.05) is 18.2 Å². The monoisotopic (exact) mass is 445 g/mol. The number of nitrogens with two attached hydrogens (primary N) is 1. The van der Waals surface area contributed by atoms with Gasteiger partial charge in [0.2, 0.25) is 5.82 Å². The van der Waals surface area contributed by atoms with E-state index in [1.165, 1.54) is 0 Å². The van der Waals surface area contributed by atoms with Crippen molar-refractivity contribution in [3.8, 4) is 22.5 Å². The molecular formula is C17H15N7O2S3. The van der Waals surface area contributed by atoms with Crippen LogP contribution in [0.3, 0.4) is 0 Å². The Morgan fingerprint density at radius 1 is 1.14 bits per heavy atom. The zero-order valence-electron chi connectivity index (χ0n) is 14.8. The van der Waals surface area contributed by atoms with Crippen LogP contribution in [0.15, 0.2) is 45.0 Å². The first-order valence-electron chi connectivity index (χ1n) is 8.68. The first-order valence-corrected chi connectivity index (χ1v) is 11.6. The summed E-state index contributed by atoms with van der Waals surface area (Å²) in [4.78, 5) is 14.8. The van der Waals surface area contributed by atoms with Crippen molar-refractivity contribution >= 4 is 40.6 Å². The molecule has 1 saturated heterocycles. The largest absolute Gasteiger partial charge is 0.314 e. The van der Waals surface area contributed by atoms with Gasteiger partial charge in [-0.2, -0.15) is 5.21 Å². The fourth-order valence-corrected chi connectivity index (χ4v) is 6.23. The molecule has 12 heteroatoms. The van der Waals surface area contributed by atoms with E-state index >= 15 is 0 Å². The highest BCUT2D eigenvalue weighted by molar-refractivity contribution is 8.02. The van der Waals surface area contributed by atoms with Gasteiger partial charge in [-0.15, -0.1) is 22.0 Å². The van der Waals surface area contributed by atoms with E-state index < -0.39 is 11.0 Å². The number of H-pyrrole nitrogens is 1. The van der Waals surface area contributed by atoms with Crippen molar-refractivity contribution < 1.29 is 9.00 Å². The maximum Gasteiger partial charge on any atom is 0.265 e. The van der Waals surface area contributed by atoms with Crippen molar-refractivity contribution in [3.63, 3.8) is 0 Å². The summed E-state index contributed by atoms with van der Waals surface area (Å²) in [7, 11) is -1.56. The summed E-state index contributed by atoms with van der Waals surface area (Å²) in [6, 6.07) is 9.23. The number of thioether (sulfide) groups is 1. The van der Waals surface area contributed by atoms with E-state index in [2.05, 4.69) is 30.7 Å². The Kier molecular flexibility index (Phi) is 4.87. The summed E-state index contributed by atoms with van der Waals surface area (Å²) < 4.78 is 14.7. The first kappa shape index (κ1) is 18.8. The SMILES string of the molecule is NSc1c(SC2CNC2)ccc(-c2cccc3c2C(=O)NS3=O)c1-c1nn[nH]n1. The number of carbonyl (C=O) groups excluding carboxylic acids is 1.